The number of halogens is 1. The Kier molecular flexibility index (Phi) is 5.26. The number of rotatable bonds is 6. The van der Waals surface area contributed by atoms with Crippen molar-refractivity contribution in [3.8, 4) is 0 Å². The average Bonchev–Trinajstić information content (AvgIpc) is 2.31. The van der Waals surface area contributed by atoms with E-state index in [-0.39, 0.29) is 18.5 Å². The van der Waals surface area contributed by atoms with Gasteiger partial charge < -0.3 is 15.7 Å². The molecule has 1 aromatic carbocycles. The summed E-state index contributed by atoms with van der Waals surface area (Å²) in [4.78, 5) is 22.3. The number of hydrogen-bond donors (Lipinski definition) is 3. The zero-order valence-electron chi connectivity index (χ0n) is 9.94. The molecule has 3 N–H and O–H groups in total. The van der Waals surface area contributed by atoms with E-state index in [2.05, 4.69) is 10.6 Å². The number of hydrogen-bond acceptors (Lipinski definition) is 3. The monoisotopic (exact) mass is 254 g/mol. The second-order valence-electron chi connectivity index (χ2n) is 3.78. The molecule has 0 aliphatic rings. The van der Waals surface area contributed by atoms with Gasteiger partial charge in [-0.25, -0.2) is 9.18 Å². The van der Waals surface area contributed by atoms with Crippen molar-refractivity contribution < 1.29 is 19.1 Å². The smallest absolute Gasteiger partial charge is 0.326 e. The third-order valence-electron chi connectivity index (χ3n) is 2.35. The third kappa shape index (κ3) is 4.14. The molecule has 18 heavy (non-hydrogen) atoms. The van der Waals surface area contributed by atoms with Crippen molar-refractivity contribution >= 4 is 11.9 Å². The first-order valence-corrected chi connectivity index (χ1v) is 5.44. The summed E-state index contributed by atoms with van der Waals surface area (Å²) < 4.78 is 13.4. The predicted molar refractivity (Wildman–Crippen MR) is 63.6 cm³/mol. The highest BCUT2D eigenvalue weighted by Gasteiger charge is 2.21. The van der Waals surface area contributed by atoms with E-state index in [1.807, 2.05) is 0 Å². The third-order valence-corrected chi connectivity index (χ3v) is 2.35. The summed E-state index contributed by atoms with van der Waals surface area (Å²) in [7, 11) is 1.58. The first-order chi connectivity index (χ1) is 8.54. The molecule has 1 unspecified atom stereocenters. The van der Waals surface area contributed by atoms with E-state index < -0.39 is 23.7 Å². The highest BCUT2D eigenvalue weighted by molar-refractivity contribution is 5.84. The summed E-state index contributed by atoms with van der Waals surface area (Å²) in [6, 6.07) is 4.75. The van der Waals surface area contributed by atoms with Crippen molar-refractivity contribution in [1.29, 1.82) is 0 Å². The lowest BCUT2D eigenvalue weighted by atomic mass is 10.1. The maximum absolute atomic E-state index is 13.4. The molecule has 0 aromatic heterocycles. The van der Waals surface area contributed by atoms with Crippen LogP contribution in [0.25, 0.3) is 0 Å². The van der Waals surface area contributed by atoms with Crippen LogP contribution in [-0.4, -0.2) is 36.6 Å². The van der Waals surface area contributed by atoms with Gasteiger partial charge in [0, 0.05) is 6.42 Å². The minimum atomic E-state index is -1.19. The van der Waals surface area contributed by atoms with Crippen LogP contribution in [0, 0.1) is 5.82 Å². The van der Waals surface area contributed by atoms with Crippen molar-refractivity contribution in [3.05, 3.63) is 35.6 Å². The molecule has 98 valence electrons. The normalized spacial score (nSPS) is 11.9. The Morgan fingerprint density at radius 2 is 2.06 bits per heavy atom. The lowest BCUT2D eigenvalue weighted by Crippen LogP contribution is -2.45. The Bertz CT molecular complexity index is 437. The second kappa shape index (κ2) is 6.70. The van der Waals surface area contributed by atoms with Gasteiger partial charge in [-0.15, -0.1) is 0 Å². The molecule has 0 saturated carbocycles. The van der Waals surface area contributed by atoms with Crippen molar-refractivity contribution in [2.45, 2.75) is 12.5 Å². The lowest BCUT2D eigenvalue weighted by molar-refractivity contribution is -0.141. The van der Waals surface area contributed by atoms with Crippen LogP contribution in [0.2, 0.25) is 0 Å². The minimum Gasteiger partial charge on any atom is -0.480 e. The molecule has 0 aliphatic heterocycles. The number of carbonyl (C=O) groups is 2. The summed E-state index contributed by atoms with van der Waals surface area (Å²) in [6.07, 6.45) is -0.0859. The molecule has 1 amide bonds. The zero-order valence-corrected chi connectivity index (χ0v) is 9.94. The van der Waals surface area contributed by atoms with Crippen LogP contribution in [0.1, 0.15) is 5.56 Å². The average molecular weight is 254 g/mol. The zero-order chi connectivity index (χ0) is 13.5. The lowest BCUT2D eigenvalue weighted by Gasteiger charge is -2.14. The van der Waals surface area contributed by atoms with Crippen LogP contribution >= 0.6 is 0 Å². The topological polar surface area (TPSA) is 78.4 Å². The van der Waals surface area contributed by atoms with Crippen LogP contribution in [0.15, 0.2) is 24.3 Å². The van der Waals surface area contributed by atoms with Crippen LogP contribution < -0.4 is 10.6 Å². The minimum absolute atomic E-state index is 0.0149. The van der Waals surface area contributed by atoms with E-state index in [9.17, 15) is 14.0 Å². The fourth-order valence-electron chi connectivity index (χ4n) is 1.49. The van der Waals surface area contributed by atoms with Crippen molar-refractivity contribution in [3.63, 3.8) is 0 Å². The van der Waals surface area contributed by atoms with Crippen LogP contribution in [0.3, 0.4) is 0 Å². The van der Waals surface area contributed by atoms with Crippen molar-refractivity contribution in [2.24, 2.45) is 0 Å². The maximum Gasteiger partial charge on any atom is 0.326 e. The summed E-state index contributed by atoms with van der Waals surface area (Å²) in [5.41, 5.74) is 0.259. The Balaban J connectivity index is 2.72. The molecule has 0 bridgehead atoms. The maximum atomic E-state index is 13.4. The largest absolute Gasteiger partial charge is 0.480 e. The Labute approximate surface area is 104 Å². The second-order valence-corrected chi connectivity index (χ2v) is 3.78. The highest BCUT2D eigenvalue weighted by Crippen LogP contribution is 2.09. The Hall–Kier alpha value is -1.95. The molecule has 0 spiro atoms. The van der Waals surface area contributed by atoms with Gasteiger partial charge in [0.05, 0.1) is 6.54 Å². The van der Waals surface area contributed by atoms with E-state index in [0.717, 1.165) is 0 Å². The van der Waals surface area contributed by atoms with Gasteiger partial charge in [-0.1, -0.05) is 18.2 Å². The molecule has 5 nitrogen and oxygen atoms in total. The van der Waals surface area contributed by atoms with Crippen molar-refractivity contribution in [1.82, 2.24) is 10.6 Å². The number of carboxylic acid groups (broad SMARTS) is 1. The molecule has 0 saturated heterocycles. The predicted octanol–water partition coefficient (Wildman–Crippen LogP) is 0.157. The van der Waals surface area contributed by atoms with Gasteiger partial charge in [0.15, 0.2) is 0 Å². The number of carbonyl (C=O) groups excluding carboxylic acids is 1. The quantitative estimate of drug-likeness (QED) is 0.675. The van der Waals surface area contributed by atoms with Crippen LogP contribution in [-0.2, 0) is 16.0 Å². The summed E-state index contributed by atoms with van der Waals surface area (Å²) in [6.45, 7) is 0.0149. The van der Waals surface area contributed by atoms with Gasteiger partial charge in [-0.05, 0) is 18.7 Å². The first kappa shape index (κ1) is 14.1. The van der Waals surface area contributed by atoms with Crippen LogP contribution in [0.5, 0.6) is 0 Å². The number of carboxylic acids is 1. The molecule has 0 fully saturated rings. The van der Waals surface area contributed by atoms with E-state index in [1.54, 1.807) is 13.1 Å². The highest BCUT2D eigenvalue weighted by atomic mass is 19.1. The van der Waals surface area contributed by atoms with E-state index >= 15 is 0 Å². The SMILES string of the molecule is CNCC(=O)NC(Cc1ccccc1F)C(=O)O. The van der Waals surface area contributed by atoms with E-state index in [4.69, 9.17) is 5.11 Å². The molecule has 0 radical (unpaired) electrons. The standard InChI is InChI=1S/C12H15FN2O3/c1-14-7-11(16)15-10(12(17)18)6-8-4-2-3-5-9(8)13/h2-5,10,14H,6-7H2,1H3,(H,15,16)(H,17,18). The molecular formula is C12H15FN2O3. The summed E-state index contributed by atoms with van der Waals surface area (Å²) in [5.74, 6) is -2.12. The molecule has 1 aromatic rings. The number of nitrogens with one attached hydrogen (secondary N) is 2. The van der Waals surface area contributed by atoms with Crippen molar-refractivity contribution in [2.75, 3.05) is 13.6 Å². The van der Waals surface area contributed by atoms with E-state index in [1.165, 1.54) is 18.2 Å². The van der Waals surface area contributed by atoms with E-state index in [0.29, 0.717) is 0 Å². The van der Waals surface area contributed by atoms with Gasteiger partial charge in [0.1, 0.15) is 11.9 Å². The molecular weight excluding hydrogens is 239 g/mol. The molecule has 1 atom stereocenters. The fourth-order valence-corrected chi connectivity index (χ4v) is 1.49. The molecule has 6 heteroatoms. The van der Waals surface area contributed by atoms with Gasteiger partial charge >= 0.3 is 5.97 Å². The number of benzene rings is 1. The number of amides is 1. The van der Waals surface area contributed by atoms with Gasteiger partial charge in [0.2, 0.25) is 5.91 Å². The van der Waals surface area contributed by atoms with Crippen LogP contribution in [0.4, 0.5) is 4.39 Å². The Morgan fingerprint density at radius 3 is 2.61 bits per heavy atom. The molecule has 1 rings (SSSR count). The first-order valence-electron chi connectivity index (χ1n) is 5.44. The number of aliphatic carboxylic acids is 1. The van der Waals surface area contributed by atoms with Gasteiger partial charge in [0.25, 0.3) is 0 Å². The fraction of sp³-hybridized carbons (Fsp3) is 0.333. The van der Waals surface area contributed by atoms with Gasteiger partial charge in [-0.2, -0.15) is 0 Å². The molecule has 0 heterocycles. The molecule has 0 aliphatic carbocycles. The van der Waals surface area contributed by atoms with Gasteiger partial charge in [-0.3, -0.25) is 4.79 Å². The summed E-state index contributed by atoms with van der Waals surface area (Å²) >= 11 is 0. The Morgan fingerprint density at radius 1 is 1.39 bits per heavy atom. The summed E-state index contributed by atoms with van der Waals surface area (Å²) in [5, 5.41) is 13.9. The number of likely N-dealkylation sites (N-methyl/N-ethyl adjacent to an activating group) is 1.